The number of aromatic nitrogens is 1. The van der Waals surface area contributed by atoms with Crippen LogP contribution < -0.4 is 15.4 Å². The normalized spacial score (nSPS) is 10.8. The van der Waals surface area contributed by atoms with Crippen molar-refractivity contribution in [3.05, 3.63) is 23.9 Å². The highest BCUT2D eigenvalue weighted by Gasteiger charge is 2.00. The Morgan fingerprint density at radius 2 is 1.91 bits per heavy atom. The van der Waals surface area contributed by atoms with Crippen LogP contribution in [0.2, 0.25) is 0 Å². The highest BCUT2D eigenvalue weighted by atomic mass is 127. The van der Waals surface area contributed by atoms with Crippen molar-refractivity contribution in [3.63, 3.8) is 0 Å². The van der Waals surface area contributed by atoms with Gasteiger partial charge in [0.05, 0.1) is 13.2 Å². The van der Waals surface area contributed by atoms with Crippen LogP contribution in [0, 0.1) is 0 Å². The van der Waals surface area contributed by atoms with Gasteiger partial charge < -0.3 is 24.8 Å². The van der Waals surface area contributed by atoms with E-state index in [1.165, 1.54) is 0 Å². The van der Waals surface area contributed by atoms with E-state index in [4.69, 9.17) is 14.2 Å². The van der Waals surface area contributed by atoms with E-state index in [1.807, 2.05) is 12.1 Å². The molecule has 0 unspecified atom stereocenters. The average molecular weight is 424 g/mol. The summed E-state index contributed by atoms with van der Waals surface area (Å²) >= 11 is 0. The van der Waals surface area contributed by atoms with Crippen molar-refractivity contribution in [2.75, 3.05) is 47.6 Å². The third-order valence-electron chi connectivity index (χ3n) is 2.62. The van der Waals surface area contributed by atoms with E-state index in [9.17, 15) is 0 Å². The lowest BCUT2D eigenvalue weighted by Crippen LogP contribution is -2.38. The number of rotatable bonds is 9. The Morgan fingerprint density at radius 3 is 2.50 bits per heavy atom. The Morgan fingerprint density at radius 1 is 1.14 bits per heavy atom. The molecule has 0 radical (unpaired) electrons. The van der Waals surface area contributed by atoms with Crippen LogP contribution in [-0.4, -0.2) is 58.6 Å². The van der Waals surface area contributed by atoms with E-state index in [0.29, 0.717) is 38.8 Å². The molecule has 0 aliphatic carbocycles. The maximum atomic E-state index is 5.41. The summed E-state index contributed by atoms with van der Waals surface area (Å²) < 4.78 is 15.3. The van der Waals surface area contributed by atoms with Crippen molar-refractivity contribution in [2.45, 2.75) is 6.54 Å². The molecule has 0 saturated carbocycles. The van der Waals surface area contributed by atoms with E-state index >= 15 is 0 Å². The summed E-state index contributed by atoms with van der Waals surface area (Å²) in [7, 11) is 5.03. The van der Waals surface area contributed by atoms with Crippen molar-refractivity contribution < 1.29 is 14.2 Å². The van der Waals surface area contributed by atoms with Crippen LogP contribution in [0.3, 0.4) is 0 Å². The number of halogens is 1. The van der Waals surface area contributed by atoms with Crippen LogP contribution in [0.5, 0.6) is 5.88 Å². The largest absolute Gasteiger partial charge is 0.475 e. The lowest BCUT2D eigenvalue weighted by atomic mass is 10.3. The van der Waals surface area contributed by atoms with Gasteiger partial charge in [0.25, 0.3) is 0 Å². The van der Waals surface area contributed by atoms with Crippen LogP contribution >= 0.6 is 24.0 Å². The van der Waals surface area contributed by atoms with Crippen molar-refractivity contribution in [2.24, 2.45) is 4.99 Å². The van der Waals surface area contributed by atoms with Gasteiger partial charge in [-0.2, -0.15) is 0 Å². The van der Waals surface area contributed by atoms with Gasteiger partial charge in [0, 0.05) is 46.6 Å². The first-order valence-electron chi connectivity index (χ1n) is 6.80. The zero-order valence-corrected chi connectivity index (χ0v) is 15.6. The molecule has 0 fully saturated rings. The fourth-order valence-electron chi connectivity index (χ4n) is 1.51. The van der Waals surface area contributed by atoms with Gasteiger partial charge in [-0.3, -0.25) is 4.99 Å². The Bertz CT molecular complexity index is 415. The zero-order valence-electron chi connectivity index (χ0n) is 13.3. The lowest BCUT2D eigenvalue weighted by Gasteiger charge is -2.11. The van der Waals surface area contributed by atoms with E-state index in [1.54, 1.807) is 27.5 Å². The van der Waals surface area contributed by atoms with Crippen molar-refractivity contribution >= 4 is 29.9 Å². The second kappa shape index (κ2) is 13.5. The van der Waals surface area contributed by atoms with Crippen LogP contribution in [0.1, 0.15) is 5.56 Å². The Balaban J connectivity index is 0.00000441. The number of nitrogens with zero attached hydrogens (tertiary/aromatic N) is 2. The van der Waals surface area contributed by atoms with Gasteiger partial charge in [0.2, 0.25) is 5.88 Å². The second-order valence-electron chi connectivity index (χ2n) is 4.19. The number of methoxy groups -OCH3 is 2. The molecule has 2 N–H and O–H groups in total. The highest BCUT2D eigenvalue weighted by molar-refractivity contribution is 14.0. The first kappa shape index (κ1) is 20.9. The van der Waals surface area contributed by atoms with Gasteiger partial charge in [0.1, 0.15) is 6.61 Å². The van der Waals surface area contributed by atoms with Gasteiger partial charge in [-0.15, -0.1) is 24.0 Å². The average Bonchev–Trinajstić information content (AvgIpc) is 2.52. The maximum Gasteiger partial charge on any atom is 0.213 e. The number of ether oxygens (including phenoxy) is 3. The summed E-state index contributed by atoms with van der Waals surface area (Å²) in [6.45, 7) is 3.03. The van der Waals surface area contributed by atoms with Gasteiger partial charge in [-0.1, -0.05) is 6.07 Å². The summed E-state index contributed by atoms with van der Waals surface area (Å²) in [6, 6.07) is 3.80. The Labute approximate surface area is 148 Å². The summed E-state index contributed by atoms with van der Waals surface area (Å²) in [6.07, 6.45) is 1.78. The number of aliphatic imine (C=N–C) groups is 1. The maximum absolute atomic E-state index is 5.41. The first-order valence-corrected chi connectivity index (χ1v) is 6.80. The number of nitrogens with one attached hydrogen (secondary N) is 2. The molecule has 7 nitrogen and oxygen atoms in total. The summed E-state index contributed by atoms with van der Waals surface area (Å²) in [4.78, 5) is 8.35. The van der Waals surface area contributed by atoms with E-state index in [0.717, 1.165) is 11.5 Å². The third kappa shape index (κ3) is 9.00. The number of hydrogen-bond donors (Lipinski definition) is 2. The third-order valence-corrected chi connectivity index (χ3v) is 2.62. The minimum Gasteiger partial charge on any atom is -0.475 e. The molecular formula is C14H25IN4O3. The molecule has 0 saturated heterocycles. The molecule has 8 heteroatoms. The SMILES string of the molecule is CN=C(NCCOC)NCc1ccc(OCCOC)nc1.I. The topological polar surface area (TPSA) is 77.0 Å². The number of pyridine rings is 1. The quantitative estimate of drug-likeness (QED) is 0.267. The molecule has 126 valence electrons. The zero-order chi connectivity index (χ0) is 15.3. The van der Waals surface area contributed by atoms with Gasteiger partial charge in [0.15, 0.2) is 5.96 Å². The standard InChI is InChI=1S/C14H24N4O3.HI/c1-15-14(16-6-7-19-2)18-11-12-4-5-13(17-10-12)21-9-8-20-3;/h4-5,10H,6-9,11H2,1-3H3,(H2,15,16,18);1H. The van der Waals surface area contributed by atoms with E-state index < -0.39 is 0 Å². The molecule has 0 spiro atoms. The highest BCUT2D eigenvalue weighted by Crippen LogP contribution is 2.07. The molecule has 1 heterocycles. The molecule has 0 aliphatic heterocycles. The van der Waals surface area contributed by atoms with Crippen LogP contribution in [-0.2, 0) is 16.0 Å². The minimum absolute atomic E-state index is 0. The van der Waals surface area contributed by atoms with E-state index in [-0.39, 0.29) is 24.0 Å². The fourth-order valence-corrected chi connectivity index (χ4v) is 1.51. The monoisotopic (exact) mass is 424 g/mol. The molecule has 22 heavy (non-hydrogen) atoms. The number of guanidine groups is 1. The van der Waals surface area contributed by atoms with Crippen LogP contribution in [0.25, 0.3) is 0 Å². The Hall–Kier alpha value is -1.13. The van der Waals surface area contributed by atoms with Crippen molar-refractivity contribution in [1.82, 2.24) is 15.6 Å². The van der Waals surface area contributed by atoms with Crippen LogP contribution in [0.15, 0.2) is 23.3 Å². The smallest absolute Gasteiger partial charge is 0.213 e. The van der Waals surface area contributed by atoms with E-state index in [2.05, 4.69) is 20.6 Å². The summed E-state index contributed by atoms with van der Waals surface area (Å²) in [5, 5.41) is 6.34. The molecule has 0 aromatic carbocycles. The molecule has 1 aromatic rings. The first-order chi connectivity index (χ1) is 10.3. The Kier molecular flexibility index (Phi) is 12.8. The predicted molar refractivity (Wildman–Crippen MR) is 97.1 cm³/mol. The fraction of sp³-hybridized carbons (Fsp3) is 0.571. The summed E-state index contributed by atoms with van der Waals surface area (Å²) in [5.41, 5.74) is 1.05. The van der Waals surface area contributed by atoms with Gasteiger partial charge in [-0.25, -0.2) is 4.98 Å². The molecule has 0 bridgehead atoms. The molecule has 0 atom stereocenters. The number of hydrogen-bond acceptors (Lipinski definition) is 5. The molecular weight excluding hydrogens is 399 g/mol. The van der Waals surface area contributed by atoms with Crippen molar-refractivity contribution in [1.29, 1.82) is 0 Å². The molecule has 1 rings (SSSR count). The van der Waals surface area contributed by atoms with Gasteiger partial charge in [-0.05, 0) is 5.56 Å². The summed E-state index contributed by atoms with van der Waals surface area (Å²) in [5.74, 6) is 1.32. The molecule has 0 amide bonds. The molecule has 0 aliphatic rings. The molecule has 1 aromatic heterocycles. The van der Waals surface area contributed by atoms with Crippen molar-refractivity contribution in [3.8, 4) is 5.88 Å². The van der Waals surface area contributed by atoms with Gasteiger partial charge >= 0.3 is 0 Å². The minimum atomic E-state index is 0. The second-order valence-corrected chi connectivity index (χ2v) is 4.19. The lowest BCUT2D eigenvalue weighted by molar-refractivity contribution is 0.143. The predicted octanol–water partition coefficient (Wildman–Crippen LogP) is 1.04. The van der Waals surface area contributed by atoms with Crippen LogP contribution in [0.4, 0.5) is 0 Å².